The second kappa shape index (κ2) is 6.01. The number of carboxylic acid groups (broad SMARTS) is 1. The highest BCUT2D eigenvalue weighted by molar-refractivity contribution is 7.08. The number of aryl methyl sites for hydroxylation is 1. The van der Waals surface area contributed by atoms with Gasteiger partial charge in [0.05, 0.1) is 16.9 Å². The molecular weight excluding hydrogens is 290 g/mol. The van der Waals surface area contributed by atoms with Gasteiger partial charge in [-0.15, -0.1) is 5.10 Å². The van der Waals surface area contributed by atoms with E-state index in [1.54, 1.807) is 25.1 Å². The Hall–Kier alpha value is -2.28. The molecule has 0 saturated heterocycles. The molecule has 0 fully saturated rings. The summed E-state index contributed by atoms with van der Waals surface area (Å²) in [7, 11) is 0. The number of carbonyl (C=O) groups excluding carboxylic acids is 1. The maximum absolute atomic E-state index is 12.3. The molecule has 0 atom stereocenters. The Kier molecular flexibility index (Phi) is 4.32. The molecule has 21 heavy (non-hydrogen) atoms. The number of carboxylic acids is 1. The summed E-state index contributed by atoms with van der Waals surface area (Å²) < 4.78 is 3.80. The number of benzene rings is 1. The second-order valence-corrected chi connectivity index (χ2v) is 5.65. The van der Waals surface area contributed by atoms with Crippen molar-refractivity contribution in [2.24, 2.45) is 0 Å². The van der Waals surface area contributed by atoms with Gasteiger partial charge in [-0.25, -0.2) is 4.79 Å². The van der Waals surface area contributed by atoms with Gasteiger partial charge >= 0.3 is 5.97 Å². The third kappa shape index (κ3) is 3.08. The molecule has 1 aromatic carbocycles. The van der Waals surface area contributed by atoms with Gasteiger partial charge in [0.15, 0.2) is 0 Å². The summed E-state index contributed by atoms with van der Waals surface area (Å²) in [5, 5.41) is 15.8. The Morgan fingerprint density at radius 3 is 2.67 bits per heavy atom. The Morgan fingerprint density at radius 1 is 1.33 bits per heavy atom. The van der Waals surface area contributed by atoms with Crippen LogP contribution >= 0.6 is 11.5 Å². The van der Waals surface area contributed by atoms with E-state index in [4.69, 9.17) is 0 Å². The van der Waals surface area contributed by atoms with Crippen molar-refractivity contribution in [3.05, 3.63) is 39.9 Å². The van der Waals surface area contributed by atoms with Gasteiger partial charge in [-0.2, -0.15) is 0 Å². The fourth-order valence-electron chi connectivity index (χ4n) is 1.97. The summed E-state index contributed by atoms with van der Waals surface area (Å²) >= 11 is 1.00. The molecule has 2 rings (SSSR count). The summed E-state index contributed by atoms with van der Waals surface area (Å²) in [5.74, 6) is -1.39. The molecule has 0 saturated carbocycles. The Balaban J connectivity index is 2.34. The average molecular weight is 305 g/mol. The van der Waals surface area contributed by atoms with Crippen molar-refractivity contribution in [1.29, 1.82) is 0 Å². The van der Waals surface area contributed by atoms with Gasteiger partial charge in [0.25, 0.3) is 5.91 Å². The number of nitrogens with one attached hydrogen (secondary N) is 1. The molecule has 0 aliphatic heterocycles. The number of anilines is 1. The van der Waals surface area contributed by atoms with Crippen LogP contribution in [0, 0.1) is 6.92 Å². The van der Waals surface area contributed by atoms with Crippen LogP contribution in [-0.2, 0) is 0 Å². The number of rotatable bonds is 4. The third-order valence-corrected chi connectivity index (χ3v) is 3.74. The van der Waals surface area contributed by atoms with Crippen molar-refractivity contribution in [3.63, 3.8) is 0 Å². The highest BCUT2D eigenvalue weighted by Gasteiger charge is 2.21. The number of amides is 1. The molecule has 1 aromatic heterocycles. The Bertz CT molecular complexity index is 695. The first kappa shape index (κ1) is 15.1. The first-order valence-corrected chi connectivity index (χ1v) is 7.15. The molecule has 0 aliphatic rings. The number of nitrogens with zero attached hydrogens (tertiary/aromatic N) is 2. The highest BCUT2D eigenvalue weighted by Crippen LogP contribution is 2.24. The molecule has 0 radical (unpaired) electrons. The lowest BCUT2D eigenvalue weighted by Gasteiger charge is -2.10. The van der Waals surface area contributed by atoms with Crippen LogP contribution in [0.3, 0.4) is 0 Å². The van der Waals surface area contributed by atoms with Crippen molar-refractivity contribution < 1.29 is 14.7 Å². The first-order chi connectivity index (χ1) is 9.91. The average Bonchev–Trinajstić information content (AvgIpc) is 2.87. The van der Waals surface area contributed by atoms with Gasteiger partial charge < -0.3 is 10.4 Å². The summed E-state index contributed by atoms with van der Waals surface area (Å²) in [4.78, 5) is 24.0. The molecule has 1 heterocycles. The summed E-state index contributed by atoms with van der Waals surface area (Å²) in [5.41, 5.74) is 1.57. The van der Waals surface area contributed by atoms with Crippen molar-refractivity contribution in [2.75, 3.05) is 5.32 Å². The van der Waals surface area contributed by atoms with Crippen molar-refractivity contribution in [3.8, 4) is 0 Å². The topological polar surface area (TPSA) is 92.2 Å². The van der Waals surface area contributed by atoms with E-state index in [1.165, 1.54) is 0 Å². The van der Waals surface area contributed by atoms with Gasteiger partial charge in [-0.3, -0.25) is 4.79 Å². The Labute approximate surface area is 126 Å². The van der Waals surface area contributed by atoms with Gasteiger partial charge in [0.1, 0.15) is 4.88 Å². The maximum Gasteiger partial charge on any atom is 0.338 e. The summed E-state index contributed by atoms with van der Waals surface area (Å²) in [6.07, 6.45) is 0. The summed E-state index contributed by atoms with van der Waals surface area (Å²) in [6, 6.07) is 4.95. The zero-order valence-corrected chi connectivity index (χ0v) is 12.7. The predicted octanol–water partition coefficient (Wildman–Crippen LogP) is 2.92. The van der Waals surface area contributed by atoms with Crippen LogP contribution in [-0.4, -0.2) is 26.6 Å². The van der Waals surface area contributed by atoms with Crippen molar-refractivity contribution in [1.82, 2.24) is 9.59 Å². The van der Waals surface area contributed by atoms with Gasteiger partial charge in [-0.1, -0.05) is 30.5 Å². The number of aromatic nitrogens is 2. The SMILES string of the molecule is Cc1cccc(NC(=O)c2snnc2C(C)C)c1C(=O)O. The quantitative estimate of drug-likeness (QED) is 0.906. The van der Waals surface area contributed by atoms with Crippen LogP contribution in [0.15, 0.2) is 18.2 Å². The number of aromatic carboxylic acids is 1. The minimum absolute atomic E-state index is 0.0703. The van der Waals surface area contributed by atoms with Crippen LogP contribution in [0.2, 0.25) is 0 Å². The zero-order chi connectivity index (χ0) is 15.6. The van der Waals surface area contributed by atoms with Crippen LogP contribution < -0.4 is 5.32 Å². The molecule has 2 aromatic rings. The third-order valence-electron chi connectivity index (χ3n) is 3.00. The molecule has 110 valence electrons. The second-order valence-electron chi connectivity index (χ2n) is 4.90. The van der Waals surface area contributed by atoms with E-state index >= 15 is 0 Å². The molecular formula is C14H15N3O3S. The maximum atomic E-state index is 12.3. The lowest BCUT2D eigenvalue weighted by molar-refractivity contribution is 0.0697. The van der Waals surface area contributed by atoms with Gasteiger partial charge in [0.2, 0.25) is 0 Å². The van der Waals surface area contributed by atoms with E-state index < -0.39 is 5.97 Å². The fraction of sp³-hybridized carbons (Fsp3) is 0.286. The smallest absolute Gasteiger partial charge is 0.338 e. The van der Waals surface area contributed by atoms with Crippen molar-refractivity contribution in [2.45, 2.75) is 26.7 Å². The molecule has 6 nitrogen and oxygen atoms in total. The first-order valence-electron chi connectivity index (χ1n) is 6.38. The molecule has 0 aliphatic carbocycles. The van der Waals surface area contributed by atoms with Crippen LogP contribution in [0.5, 0.6) is 0 Å². The van der Waals surface area contributed by atoms with Gasteiger partial charge in [-0.05, 0) is 36.0 Å². The molecule has 7 heteroatoms. The van der Waals surface area contributed by atoms with Crippen LogP contribution in [0.4, 0.5) is 5.69 Å². The van der Waals surface area contributed by atoms with E-state index in [-0.39, 0.29) is 23.1 Å². The minimum atomic E-state index is -1.07. The van der Waals surface area contributed by atoms with E-state index in [0.29, 0.717) is 16.1 Å². The number of hydrogen-bond donors (Lipinski definition) is 2. The van der Waals surface area contributed by atoms with Crippen LogP contribution in [0.1, 0.15) is 51.1 Å². The van der Waals surface area contributed by atoms with Crippen molar-refractivity contribution >= 4 is 29.1 Å². The van der Waals surface area contributed by atoms with E-state index in [1.807, 2.05) is 13.8 Å². The normalized spacial score (nSPS) is 10.7. The molecule has 0 unspecified atom stereocenters. The minimum Gasteiger partial charge on any atom is -0.478 e. The lowest BCUT2D eigenvalue weighted by Crippen LogP contribution is -2.16. The zero-order valence-electron chi connectivity index (χ0n) is 11.9. The number of carbonyl (C=O) groups is 2. The standard InChI is InChI=1S/C14H15N3O3S/c1-7(2)11-12(21-17-16-11)13(18)15-9-6-4-5-8(3)10(9)14(19)20/h4-7H,1-3H3,(H,15,18)(H,19,20). The van der Waals surface area contributed by atoms with Crippen LogP contribution in [0.25, 0.3) is 0 Å². The monoisotopic (exact) mass is 305 g/mol. The highest BCUT2D eigenvalue weighted by atomic mass is 32.1. The molecule has 0 spiro atoms. The molecule has 0 bridgehead atoms. The summed E-state index contributed by atoms with van der Waals surface area (Å²) in [6.45, 7) is 5.53. The van der Waals surface area contributed by atoms with Gasteiger partial charge in [0, 0.05) is 0 Å². The largest absolute Gasteiger partial charge is 0.478 e. The van der Waals surface area contributed by atoms with E-state index in [9.17, 15) is 14.7 Å². The molecule has 2 N–H and O–H groups in total. The lowest BCUT2D eigenvalue weighted by atomic mass is 10.1. The number of hydrogen-bond acceptors (Lipinski definition) is 5. The predicted molar refractivity (Wildman–Crippen MR) is 80.1 cm³/mol. The molecule has 1 amide bonds. The van der Waals surface area contributed by atoms with E-state index in [2.05, 4.69) is 14.9 Å². The fourth-order valence-corrected chi connectivity index (χ4v) is 2.68. The Morgan fingerprint density at radius 2 is 2.05 bits per heavy atom. The van der Waals surface area contributed by atoms with E-state index in [0.717, 1.165) is 11.5 Å².